The van der Waals surface area contributed by atoms with E-state index in [4.69, 9.17) is 0 Å². The van der Waals surface area contributed by atoms with Gasteiger partial charge in [-0.1, -0.05) is 13.8 Å². The zero-order valence-corrected chi connectivity index (χ0v) is 8.57. The molecule has 0 radical (unpaired) electrons. The highest BCUT2D eigenvalue weighted by Gasteiger charge is 2.03. The minimum atomic E-state index is 0.655. The predicted molar refractivity (Wildman–Crippen MR) is 58.1 cm³/mol. The molecule has 0 saturated heterocycles. The monoisotopic (exact) mass is 186 g/mol. The first-order valence-electron chi connectivity index (χ1n) is 4.94. The molecule has 0 atom stereocenters. The van der Waals surface area contributed by atoms with Gasteiger partial charge in [-0.2, -0.15) is 0 Å². The Morgan fingerprint density at radius 1 is 1.14 bits per heavy atom. The Morgan fingerprint density at radius 3 is 2.79 bits per heavy atom. The van der Waals surface area contributed by atoms with Gasteiger partial charge in [-0.15, -0.1) is 0 Å². The van der Waals surface area contributed by atoms with Crippen LogP contribution in [0.4, 0.5) is 0 Å². The lowest BCUT2D eigenvalue weighted by atomic mass is 10.0. The van der Waals surface area contributed by atoms with Gasteiger partial charge in [0.25, 0.3) is 0 Å². The van der Waals surface area contributed by atoms with E-state index in [1.165, 1.54) is 16.3 Å². The lowest BCUT2D eigenvalue weighted by Gasteiger charge is -2.07. The van der Waals surface area contributed by atoms with Crippen LogP contribution in [0.2, 0.25) is 0 Å². The molecule has 0 aliphatic heterocycles. The van der Waals surface area contributed by atoms with Gasteiger partial charge >= 0.3 is 0 Å². The maximum absolute atomic E-state index is 4.24. The fourth-order valence-electron chi connectivity index (χ4n) is 1.67. The third-order valence-corrected chi connectivity index (χ3v) is 2.27. The van der Waals surface area contributed by atoms with Crippen LogP contribution in [0.3, 0.4) is 0 Å². The summed E-state index contributed by atoms with van der Waals surface area (Å²) in [6, 6.07) is 2.01. The minimum Gasteiger partial charge on any atom is -0.264 e. The van der Waals surface area contributed by atoms with Crippen molar-refractivity contribution in [1.29, 1.82) is 0 Å². The molecule has 2 nitrogen and oxygen atoms in total. The molecule has 2 aromatic heterocycles. The van der Waals surface area contributed by atoms with Crippen LogP contribution in [0, 0.1) is 5.92 Å². The molecule has 0 aromatic carbocycles. The minimum absolute atomic E-state index is 0.655. The molecule has 72 valence electrons. The molecule has 0 unspecified atom stereocenters. The highest BCUT2D eigenvalue weighted by atomic mass is 14.6. The summed E-state index contributed by atoms with van der Waals surface area (Å²) in [4.78, 5) is 8.39. The second kappa shape index (κ2) is 3.74. The fourth-order valence-corrected chi connectivity index (χ4v) is 1.67. The van der Waals surface area contributed by atoms with E-state index in [-0.39, 0.29) is 0 Å². The summed E-state index contributed by atoms with van der Waals surface area (Å²) in [5, 5.41) is 2.41. The van der Waals surface area contributed by atoms with Gasteiger partial charge in [0.05, 0.1) is 0 Å². The number of fused-ring (bicyclic) bond motifs is 1. The molecule has 14 heavy (non-hydrogen) atoms. The van der Waals surface area contributed by atoms with Crippen molar-refractivity contribution in [1.82, 2.24) is 9.97 Å². The smallest absolute Gasteiger partial charge is 0.0350 e. The molecule has 0 spiro atoms. The average molecular weight is 186 g/mol. The van der Waals surface area contributed by atoms with Crippen LogP contribution >= 0.6 is 0 Å². The van der Waals surface area contributed by atoms with E-state index < -0.39 is 0 Å². The topological polar surface area (TPSA) is 25.8 Å². The summed E-state index contributed by atoms with van der Waals surface area (Å²) in [5.74, 6) is 0.655. The predicted octanol–water partition coefficient (Wildman–Crippen LogP) is 2.83. The van der Waals surface area contributed by atoms with Crippen LogP contribution in [0.5, 0.6) is 0 Å². The Hall–Kier alpha value is -1.44. The first-order chi connectivity index (χ1) is 6.77. The van der Waals surface area contributed by atoms with Crippen LogP contribution in [0.25, 0.3) is 10.8 Å². The molecule has 0 N–H and O–H groups in total. The lowest BCUT2D eigenvalue weighted by molar-refractivity contribution is 0.648. The molecule has 2 heterocycles. The Balaban J connectivity index is 2.53. The molecule has 2 rings (SSSR count). The molecular formula is C12H14N2. The molecule has 0 amide bonds. The van der Waals surface area contributed by atoms with E-state index in [0.29, 0.717) is 5.92 Å². The van der Waals surface area contributed by atoms with Crippen LogP contribution < -0.4 is 0 Å². The van der Waals surface area contributed by atoms with E-state index in [9.17, 15) is 0 Å². The first-order valence-corrected chi connectivity index (χ1v) is 4.94. The summed E-state index contributed by atoms with van der Waals surface area (Å²) in [6.07, 6.45) is 8.64. The maximum atomic E-state index is 4.24. The molecule has 0 aliphatic rings. The van der Waals surface area contributed by atoms with E-state index in [0.717, 1.165) is 6.42 Å². The molecule has 2 aromatic rings. The maximum Gasteiger partial charge on any atom is 0.0350 e. The molecule has 0 saturated carbocycles. The number of aromatic nitrogens is 2. The number of rotatable bonds is 2. The Bertz CT molecular complexity index is 430. The van der Waals surface area contributed by atoms with Gasteiger partial charge in [0.1, 0.15) is 0 Å². The van der Waals surface area contributed by atoms with Gasteiger partial charge in [0, 0.05) is 35.6 Å². The standard InChI is InChI=1S/C12H14N2/c1-9(2)5-11-7-14-6-10-3-4-13-8-12(10)11/h3-4,6-9H,5H2,1-2H3. The van der Waals surface area contributed by atoms with Gasteiger partial charge < -0.3 is 0 Å². The summed E-state index contributed by atoms with van der Waals surface area (Å²) >= 11 is 0. The Labute approximate surface area is 84.0 Å². The molecular weight excluding hydrogens is 172 g/mol. The van der Waals surface area contributed by atoms with Crippen molar-refractivity contribution in [2.45, 2.75) is 20.3 Å². The molecule has 0 aliphatic carbocycles. The van der Waals surface area contributed by atoms with Gasteiger partial charge in [0.15, 0.2) is 0 Å². The van der Waals surface area contributed by atoms with Crippen molar-refractivity contribution in [2.24, 2.45) is 5.92 Å². The van der Waals surface area contributed by atoms with Crippen LogP contribution in [0.1, 0.15) is 19.4 Å². The second-order valence-electron chi connectivity index (χ2n) is 3.99. The summed E-state index contributed by atoms with van der Waals surface area (Å²) in [6.45, 7) is 4.43. The first kappa shape index (κ1) is 9.13. The molecule has 0 fully saturated rings. The van der Waals surface area contributed by atoms with Crippen molar-refractivity contribution in [3.05, 3.63) is 36.4 Å². The van der Waals surface area contributed by atoms with E-state index >= 15 is 0 Å². The summed E-state index contributed by atoms with van der Waals surface area (Å²) in [7, 11) is 0. The van der Waals surface area contributed by atoms with E-state index in [2.05, 4.69) is 23.8 Å². The summed E-state index contributed by atoms with van der Waals surface area (Å²) in [5.41, 5.74) is 1.30. The average Bonchev–Trinajstić information content (AvgIpc) is 2.18. The number of pyridine rings is 2. The summed E-state index contributed by atoms with van der Waals surface area (Å²) < 4.78 is 0. The van der Waals surface area contributed by atoms with Crippen molar-refractivity contribution in [3.8, 4) is 0 Å². The highest BCUT2D eigenvalue weighted by molar-refractivity contribution is 5.83. The van der Waals surface area contributed by atoms with Crippen molar-refractivity contribution in [3.63, 3.8) is 0 Å². The van der Waals surface area contributed by atoms with Crippen LogP contribution in [-0.4, -0.2) is 9.97 Å². The number of hydrogen-bond donors (Lipinski definition) is 0. The lowest BCUT2D eigenvalue weighted by Crippen LogP contribution is -1.96. The van der Waals surface area contributed by atoms with Crippen LogP contribution in [-0.2, 0) is 6.42 Å². The SMILES string of the molecule is CC(C)Cc1cncc2ccncc12. The zero-order valence-electron chi connectivity index (χ0n) is 8.57. The second-order valence-corrected chi connectivity index (χ2v) is 3.99. The highest BCUT2D eigenvalue weighted by Crippen LogP contribution is 2.18. The fraction of sp³-hybridized carbons (Fsp3) is 0.333. The number of nitrogens with zero attached hydrogens (tertiary/aromatic N) is 2. The van der Waals surface area contributed by atoms with Crippen molar-refractivity contribution in [2.75, 3.05) is 0 Å². The zero-order chi connectivity index (χ0) is 9.97. The Kier molecular flexibility index (Phi) is 2.44. The Morgan fingerprint density at radius 2 is 2.00 bits per heavy atom. The van der Waals surface area contributed by atoms with E-state index in [1.807, 2.05) is 30.9 Å². The van der Waals surface area contributed by atoms with Crippen molar-refractivity contribution >= 4 is 10.8 Å². The third-order valence-electron chi connectivity index (χ3n) is 2.27. The largest absolute Gasteiger partial charge is 0.264 e. The van der Waals surface area contributed by atoms with Gasteiger partial charge in [-0.3, -0.25) is 9.97 Å². The number of hydrogen-bond acceptors (Lipinski definition) is 2. The van der Waals surface area contributed by atoms with Gasteiger partial charge in [0.2, 0.25) is 0 Å². The molecule has 2 heteroatoms. The van der Waals surface area contributed by atoms with Gasteiger partial charge in [-0.05, 0) is 24.0 Å². The van der Waals surface area contributed by atoms with Crippen molar-refractivity contribution < 1.29 is 0 Å². The molecule has 0 bridgehead atoms. The van der Waals surface area contributed by atoms with Crippen LogP contribution in [0.15, 0.2) is 30.9 Å². The quantitative estimate of drug-likeness (QED) is 0.720. The normalized spacial score (nSPS) is 11.1. The van der Waals surface area contributed by atoms with Gasteiger partial charge in [-0.25, -0.2) is 0 Å². The van der Waals surface area contributed by atoms with E-state index in [1.54, 1.807) is 0 Å². The third kappa shape index (κ3) is 1.74.